The monoisotopic (exact) mass is 578 g/mol. The highest BCUT2D eigenvalue weighted by atomic mass is 35.5. The highest BCUT2D eigenvalue weighted by molar-refractivity contribution is 6.34. The zero-order chi connectivity index (χ0) is 29.5. The number of nitrogens with one attached hydrogen (secondary N) is 3. The number of methoxy groups -OCH3 is 1. The molecule has 0 aliphatic carbocycles. The van der Waals surface area contributed by atoms with Crippen LogP contribution in [0, 0.1) is 11.7 Å². The van der Waals surface area contributed by atoms with Gasteiger partial charge in [-0.1, -0.05) is 31.5 Å². The minimum Gasteiger partial charge on any atom is -0.385 e. The first-order valence-corrected chi connectivity index (χ1v) is 13.6. The molecule has 4 aromatic rings. The highest BCUT2D eigenvalue weighted by Crippen LogP contribution is 2.26. The molecule has 1 aromatic heterocycles. The van der Waals surface area contributed by atoms with Crippen LogP contribution in [0.2, 0.25) is 5.02 Å². The van der Waals surface area contributed by atoms with Gasteiger partial charge in [-0.2, -0.15) is 0 Å². The Kier molecular flexibility index (Phi) is 9.75. The topological polar surface area (TPSA) is 101 Å². The van der Waals surface area contributed by atoms with E-state index in [4.69, 9.17) is 16.3 Å². The molecular weight excluding hydrogens is 547 g/mol. The van der Waals surface area contributed by atoms with Crippen molar-refractivity contribution in [3.05, 3.63) is 94.4 Å². The van der Waals surface area contributed by atoms with Crippen LogP contribution < -0.4 is 16.0 Å². The fourth-order valence-electron chi connectivity index (χ4n) is 4.32. The number of nitrogens with zero attached hydrogens (tertiary/aromatic N) is 1. The SMILES string of the molecule is COCCCn1c(C(=O)Nc2ccc(F)cc2)cc2cc(NC(=O)c3cc(CNC(=O)C(C)C)ccc3Cl)ccc21. The molecule has 3 N–H and O–H groups in total. The van der Waals surface area contributed by atoms with Crippen molar-refractivity contribution < 1.29 is 23.5 Å². The maximum absolute atomic E-state index is 13.3. The van der Waals surface area contributed by atoms with Gasteiger partial charge in [-0.3, -0.25) is 14.4 Å². The number of aryl methyl sites for hydroxylation is 1. The number of benzene rings is 3. The molecule has 1 heterocycles. The van der Waals surface area contributed by atoms with Gasteiger partial charge in [0.1, 0.15) is 11.5 Å². The second-order valence-corrected chi connectivity index (χ2v) is 10.3. The summed E-state index contributed by atoms with van der Waals surface area (Å²) in [5.41, 5.74) is 3.25. The number of anilines is 2. The number of fused-ring (bicyclic) bond motifs is 1. The van der Waals surface area contributed by atoms with E-state index in [1.165, 1.54) is 24.3 Å². The van der Waals surface area contributed by atoms with Crippen molar-refractivity contribution in [3.8, 4) is 0 Å². The lowest BCUT2D eigenvalue weighted by molar-refractivity contribution is -0.124. The summed E-state index contributed by atoms with van der Waals surface area (Å²) in [6, 6.07) is 17.7. The van der Waals surface area contributed by atoms with E-state index < -0.39 is 11.7 Å². The lowest BCUT2D eigenvalue weighted by Crippen LogP contribution is -2.27. The van der Waals surface area contributed by atoms with Crippen molar-refractivity contribution in [3.63, 3.8) is 0 Å². The van der Waals surface area contributed by atoms with E-state index >= 15 is 0 Å². The average Bonchev–Trinajstić information content (AvgIpc) is 3.31. The number of rotatable bonds is 11. The molecule has 10 heteroatoms. The Morgan fingerprint density at radius 3 is 2.34 bits per heavy atom. The van der Waals surface area contributed by atoms with Gasteiger partial charge in [0, 0.05) is 55.0 Å². The molecular formula is C31H32ClFN4O4. The van der Waals surface area contributed by atoms with Crippen LogP contribution in [0.15, 0.2) is 66.7 Å². The number of hydrogen-bond donors (Lipinski definition) is 3. The number of ether oxygens (including phenoxy) is 1. The fourth-order valence-corrected chi connectivity index (χ4v) is 4.52. The van der Waals surface area contributed by atoms with E-state index in [1.807, 2.05) is 24.5 Å². The van der Waals surface area contributed by atoms with E-state index in [1.54, 1.807) is 43.5 Å². The number of halogens is 2. The normalized spacial score (nSPS) is 11.1. The molecule has 0 aliphatic rings. The van der Waals surface area contributed by atoms with E-state index in [9.17, 15) is 18.8 Å². The second kappa shape index (κ2) is 13.4. The molecule has 0 atom stereocenters. The summed E-state index contributed by atoms with van der Waals surface area (Å²) in [7, 11) is 1.62. The molecule has 0 fully saturated rings. The molecule has 3 amide bonds. The molecule has 8 nitrogen and oxygen atoms in total. The minimum absolute atomic E-state index is 0.0841. The zero-order valence-electron chi connectivity index (χ0n) is 23.1. The smallest absolute Gasteiger partial charge is 0.272 e. The number of amides is 3. The molecule has 0 spiro atoms. The molecule has 0 aliphatic heterocycles. The Balaban J connectivity index is 1.57. The van der Waals surface area contributed by atoms with Crippen LogP contribution in [0.5, 0.6) is 0 Å². The Bertz CT molecular complexity index is 1570. The minimum atomic E-state index is -0.403. The molecule has 0 saturated heterocycles. The van der Waals surface area contributed by atoms with E-state index in [0.29, 0.717) is 36.6 Å². The third-order valence-corrected chi connectivity index (χ3v) is 6.82. The molecule has 0 bridgehead atoms. The number of hydrogen-bond acceptors (Lipinski definition) is 4. The summed E-state index contributed by atoms with van der Waals surface area (Å²) < 4.78 is 20.4. The Hall–Kier alpha value is -4.21. The molecule has 0 radical (unpaired) electrons. The van der Waals surface area contributed by atoms with Crippen molar-refractivity contribution in [1.82, 2.24) is 9.88 Å². The van der Waals surface area contributed by atoms with E-state index in [0.717, 1.165) is 16.5 Å². The number of carbonyl (C=O) groups excluding carboxylic acids is 3. The lowest BCUT2D eigenvalue weighted by atomic mass is 10.1. The van der Waals surface area contributed by atoms with Gasteiger partial charge in [-0.25, -0.2) is 4.39 Å². The molecule has 0 saturated carbocycles. The maximum atomic E-state index is 13.3. The summed E-state index contributed by atoms with van der Waals surface area (Å²) >= 11 is 6.33. The predicted octanol–water partition coefficient (Wildman–Crippen LogP) is 6.25. The molecule has 214 valence electrons. The van der Waals surface area contributed by atoms with Crippen molar-refractivity contribution in [2.45, 2.75) is 33.4 Å². The van der Waals surface area contributed by atoms with Gasteiger partial charge in [0.2, 0.25) is 5.91 Å². The summed E-state index contributed by atoms with van der Waals surface area (Å²) in [5.74, 6) is -1.37. The third-order valence-electron chi connectivity index (χ3n) is 6.49. The van der Waals surface area contributed by atoms with E-state index in [-0.39, 0.29) is 34.9 Å². The zero-order valence-corrected chi connectivity index (χ0v) is 23.8. The van der Waals surface area contributed by atoms with Crippen LogP contribution in [0.1, 0.15) is 46.7 Å². The van der Waals surface area contributed by atoms with Crippen LogP contribution in [0.25, 0.3) is 10.9 Å². The summed E-state index contributed by atoms with van der Waals surface area (Å²) in [6.45, 7) is 4.95. The number of carbonyl (C=O) groups is 3. The van der Waals surface area contributed by atoms with E-state index in [2.05, 4.69) is 16.0 Å². The Morgan fingerprint density at radius 2 is 1.63 bits per heavy atom. The summed E-state index contributed by atoms with van der Waals surface area (Å²) in [5, 5.41) is 9.56. The van der Waals surface area contributed by atoms with Gasteiger partial charge in [0.15, 0.2) is 0 Å². The van der Waals surface area contributed by atoms with Crippen molar-refractivity contribution in [2.24, 2.45) is 5.92 Å². The maximum Gasteiger partial charge on any atom is 0.272 e. The summed E-state index contributed by atoms with van der Waals surface area (Å²) in [6.07, 6.45) is 0.683. The van der Waals surface area contributed by atoms with Crippen molar-refractivity contribution >= 4 is 51.6 Å². The first-order valence-electron chi connectivity index (χ1n) is 13.2. The number of aromatic nitrogens is 1. The van der Waals surface area contributed by atoms with Crippen LogP contribution in [-0.2, 0) is 22.6 Å². The Labute approximate surface area is 242 Å². The third kappa shape index (κ3) is 7.50. The molecule has 0 unspecified atom stereocenters. The largest absolute Gasteiger partial charge is 0.385 e. The molecule has 4 rings (SSSR count). The van der Waals surface area contributed by atoms with Crippen LogP contribution in [0.3, 0.4) is 0 Å². The average molecular weight is 579 g/mol. The fraction of sp³-hybridized carbons (Fsp3) is 0.258. The standard InChI is InChI=1S/C31H32ClFN4O4/c1-19(2)29(38)34-18-20-5-11-26(32)25(15-20)30(39)36-24-10-12-27-21(16-24)17-28(37(27)13-4-14-41-3)31(40)35-23-8-6-22(33)7-9-23/h5-12,15-17,19H,4,13-14,18H2,1-3H3,(H,34,38)(H,35,40)(H,36,39). The highest BCUT2D eigenvalue weighted by Gasteiger charge is 2.18. The van der Waals surface area contributed by atoms with Gasteiger partial charge in [-0.15, -0.1) is 0 Å². The van der Waals surface area contributed by atoms with Crippen molar-refractivity contribution in [2.75, 3.05) is 24.4 Å². The first-order chi connectivity index (χ1) is 19.7. The second-order valence-electron chi connectivity index (χ2n) is 9.90. The van der Waals surface area contributed by atoms with Gasteiger partial charge >= 0.3 is 0 Å². The van der Waals surface area contributed by atoms with Crippen LogP contribution in [0.4, 0.5) is 15.8 Å². The van der Waals surface area contributed by atoms with Gasteiger partial charge in [0.05, 0.1) is 10.6 Å². The lowest BCUT2D eigenvalue weighted by Gasteiger charge is -2.12. The Morgan fingerprint density at radius 1 is 0.927 bits per heavy atom. The van der Waals surface area contributed by atoms with Crippen LogP contribution in [-0.4, -0.2) is 36.0 Å². The first kappa shape index (κ1) is 29.8. The molecule has 41 heavy (non-hydrogen) atoms. The quantitative estimate of drug-likeness (QED) is 0.183. The summed E-state index contributed by atoms with van der Waals surface area (Å²) in [4.78, 5) is 38.3. The van der Waals surface area contributed by atoms with Gasteiger partial charge < -0.3 is 25.3 Å². The molecule has 3 aromatic carbocycles. The van der Waals surface area contributed by atoms with Gasteiger partial charge in [0.25, 0.3) is 11.8 Å². The predicted molar refractivity (Wildman–Crippen MR) is 159 cm³/mol. The van der Waals surface area contributed by atoms with Gasteiger partial charge in [-0.05, 0) is 72.6 Å². The van der Waals surface area contributed by atoms with Crippen LogP contribution >= 0.6 is 11.6 Å². The van der Waals surface area contributed by atoms with Crippen molar-refractivity contribution in [1.29, 1.82) is 0 Å².